The van der Waals surface area contributed by atoms with E-state index in [0.717, 1.165) is 19.3 Å². The molecule has 0 aliphatic carbocycles. The van der Waals surface area contributed by atoms with Crippen LogP contribution in [0.5, 0.6) is 0 Å². The van der Waals surface area contributed by atoms with Crippen molar-refractivity contribution in [2.75, 3.05) is 27.9 Å². The third-order valence-electron chi connectivity index (χ3n) is 6.05. The van der Waals surface area contributed by atoms with Gasteiger partial charge >= 0.3 is 6.09 Å². The van der Waals surface area contributed by atoms with Crippen LogP contribution < -0.4 is 9.80 Å². The highest BCUT2D eigenvalue weighted by molar-refractivity contribution is 7.85. The van der Waals surface area contributed by atoms with Gasteiger partial charge in [0.1, 0.15) is 17.7 Å². The van der Waals surface area contributed by atoms with Crippen molar-refractivity contribution < 1.29 is 22.9 Å². The van der Waals surface area contributed by atoms with Gasteiger partial charge in [0.05, 0.1) is 17.9 Å². The molecule has 6 nitrogen and oxygen atoms in total. The zero-order chi connectivity index (χ0) is 20.5. The van der Waals surface area contributed by atoms with Gasteiger partial charge in [-0.2, -0.15) is 0 Å². The van der Waals surface area contributed by atoms with E-state index in [4.69, 9.17) is 4.74 Å². The van der Waals surface area contributed by atoms with Crippen LogP contribution in [-0.2, 0) is 20.3 Å². The highest BCUT2D eigenvalue weighted by Gasteiger charge is 2.41. The molecule has 0 spiro atoms. The van der Waals surface area contributed by atoms with Gasteiger partial charge in [0.15, 0.2) is 0 Å². The van der Waals surface area contributed by atoms with Gasteiger partial charge in [-0.1, -0.05) is 6.92 Å². The molecule has 3 fully saturated rings. The molecule has 1 aromatic carbocycles. The number of nitrogens with zero attached hydrogens (tertiary/aromatic N) is 2. The van der Waals surface area contributed by atoms with Gasteiger partial charge in [-0.15, -0.1) is 0 Å². The van der Waals surface area contributed by atoms with Crippen molar-refractivity contribution in [3.63, 3.8) is 0 Å². The van der Waals surface area contributed by atoms with Crippen molar-refractivity contribution in [3.05, 3.63) is 24.0 Å². The Labute approximate surface area is 172 Å². The first kappa shape index (κ1) is 20.3. The molecule has 0 N–H and O–H groups in total. The second-order valence-corrected chi connectivity index (χ2v) is 9.69. The molecule has 2 unspecified atom stereocenters. The molecule has 2 bridgehead atoms. The first-order valence-electron chi connectivity index (χ1n) is 10.4. The Kier molecular flexibility index (Phi) is 5.90. The van der Waals surface area contributed by atoms with Crippen LogP contribution in [0.4, 0.5) is 20.6 Å². The van der Waals surface area contributed by atoms with Crippen molar-refractivity contribution in [2.24, 2.45) is 0 Å². The monoisotopic (exact) mass is 422 g/mol. The number of benzene rings is 1. The number of ether oxygens (including phenoxy) is 1. The van der Waals surface area contributed by atoms with Crippen molar-refractivity contribution in [1.29, 1.82) is 0 Å². The topological polar surface area (TPSA) is 66.9 Å². The lowest BCUT2D eigenvalue weighted by Crippen LogP contribution is -2.47. The molecule has 0 saturated carbocycles. The lowest BCUT2D eigenvalue weighted by Gasteiger charge is -2.36. The fourth-order valence-electron chi connectivity index (χ4n) is 4.66. The molecule has 3 aliphatic heterocycles. The lowest BCUT2D eigenvalue weighted by molar-refractivity contribution is -0.119. The summed E-state index contributed by atoms with van der Waals surface area (Å²) in [5, 5.41) is 0. The van der Waals surface area contributed by atoms with E-state index in [-0.39, 0.29) is 29.8 Å². The summed E-state index contributed by atoms with van der Waals surface area (Å²) in [5.41, 5.74) is 0.985. The molecule has 1 amide bonds. The van der Waals surface area contributed by atoms with Crippen LogP contribution in [0.15, 0.2) is 18.2 Å². The van der Waals surface area contributed by atoms with Crippen LogP contribution in [0.2, 0.25) is 0 Å². The molecule has 0 aromatic heterocycles. The smallest absolute Gasteiger partial charge is 0.414 e. The first-order chi connectivity index (χ1) is 14.0. The molecular formula is C21H27FN2O4S. The molecule has 1 aromatic rings. The molecule has 3 heterocycles. The lowest BCUT2D eigenvalue weighted by atomic mass is 10.1. The van der Waals surface area contributed by atoms with Crippen molar-refractivity contribution in [2.45, 2.75) is 63.6 Å². The number of fused-ring (bicyclic) bond motifs is 2. The normalized spacial score (nSPS) is 28.7. The second-order valence-electron chi connectivity index (χ2n) is 8.14. The Morgan fingerprint density at radius 1 is 1.24 bits per heavy atom. The molecule has 8 heteroatoms. The Hall–Kier alpha value is -1.96. The number of hydrogen-bond donors (Lipinski definition) is 0. The Morgan fingerprint density at radius 3 is 2.62 bits per heavy atom. The summed E-state index contributed by atoms with van der Waals surface area (Å²) in [5.74, 6) is 0.985. The molecule has 4 rings (SSSR count). The SMILES string of the molecule is CCCC(=O)CC[C@H]1CN(c2ccc(N3C4CCC3CS(=O)C4)c(F)c2)C(=O)O1. The summed E-state index contributed by atoms with van der Waals surface area (Å²) < 4.78 is 32.3. The number of amides is 1. The molecule has 3 saturated heterocycles. The number of Topliss-reactive ketones (excluding diaryl/α,β-unsaturated/α-hetero) is 1. The van der Waals surface area contributed by atoms with Crippen LogP contribution in [0.1, 0.15) is 45.4 Å². The summed E-state index contributed by atoms with van der Waals surface area (Å²) in [6.07, 6.45) is 3.28. The molecule has 3 aliphatic rings. The highest BCUT2D eigenvalue weighted by atomic mass is 32.2. The fraction of sp³-hybridized carbons (Fsp3) is 0.619. The van der Waals surface area contributed by atoms with Crippen molar-refractivity contribution >= 4 is 34.1 Å². The number of cyclic esters (lactones) is 1. The summed E-state index contributed by atoms with van der Waals surface area (Å²) in [7, 11) is -0.819. The van der Waals surface area contributed by atoms with E-state index < -0.39 is 16.9 Å². The summed E-state index contributed by atoms with van der Waals surface area (Å²) in [4.78, 5) is 27.5. The van der Waals surface area contributed by atoms with Crippen molar-refractivity contribution in [3.8, 4) is 0 Å². The van der Waals surface area contributed by atoms with Gasteiger partial charge in [0.2, 0.25) is 0 Å². The minimum atomic E-state index is -0.819. The van der Waals surface area contributed by atoms with Crippen LogP contribution >= 0.6 is 0 Å². The van der Waals surface area contributed by atoms with E-state index in [1.165, 1.54) is 11.0 Å². The molecule has 0 radical (unpaired) electrons. The minimum Gasteiger partial charge on any atom is -0.444 e. The van der Waals surface area contributed by atoms with Crippen LogP contribution in [0.25, 0.3) is 0 Å². The quantitative estimate of drug-likeness (QED) is 0.674. The predicted octanol–water partition coefficient (Wildman–Crippen LogP) is 3.40. The number of hydrogen-bond acceptors (Lipinski definition) is 5. The van der Waals surface area contributed by atoms with Gasteiger partial charge in [0.25, 0.3) is 0 Å². The minimum absolute atomic E-state index is 0.122. The van der Waals surface area contributed by atoms with Gasteiger partial charge in [0, 0.05) is 47.2 Å². The molecule has 158 valence electrons. The molecule has 3 atom stereocenters. The van der Waals surface area contributed by atoms with Crippen LogP contribution in [0, 0.1) is 5.82 Å². The van der Waals surface area contributed by atoms with Crippen LogP contribution in [-0.4, -0.2) is 52.3 Å². The third-order valence-corrected chi connectivity index (χ3v) is 7.56. The number of halogens is 1. The highest BCUT2D eigenvalue weighted by Crippen LogP contribution is 2.37. The van der Waals surface area contributed by atoms with Gasteiger partial charge in [-0.05, 0) is 43.9 Å². The maximum absolute atomic E-state index is 15.0. The Bertz CT molecular complexity index is 817. The zero-order valence-electron chi connectivity index (χ0n) is 16.6. The van der Waals surface area contributed by atoms with Crippen LogP contribution in [0.3, 0.4) is 0 Å². The van der Waals surface area contributed by atoms with Gasteiger partial charge < -0.3 is 9.64 Å². The third kappa shape index (κ3) is 4.17. The summed E-state index contributed by atoms with van der Waals surface area (Å²) in [6, 6.07) is 5.09. The standard InChI is InChI=1S/C21H27FN2O4S/c1-2-3-17(25)7-8-18-11-23(21(26)28-18)14-6-9-20(19(22)10-14)24-15-4-5-16(24)13-29(27)12-15/h6,9-10,15-16,18H,2-5,7-8,11-13H2,1H3/t15?,16?,18-,29?/m0/s1. The largest absolute Gasteiger partial charge is 0.444 e. The Balaban J connectivity index is 1.44. The van der Waals surface area contributed by atoms with E-state index in [1.807, 2.05) is 6.92 Å². The maximum atomic E-state index is 15.0. The van der Waals surface area contributed by atoms with E-state index in [0.29, 0.717) is 48.7 Å². The predicted molar refractivity (Wildman–Crippen MR) is 110 cm³/mol. The van der Waals surface area contributed by atoms with Gasteiger partial charge in [-0.25, -0.2) is 9.18 Å². The summed E-state index contributed by atoms with van der Waals surface area (Å²) >= 11 is 0. The fourth-order valence-corrected chi connectivity index (χ4v) is 6.31. The zero-order valence-corrected chi connectivity index (χ0v) is 17.5. The van der Waals surface area contributed by atoms with E-state index >= 15 is 0 Å². The van der Waals surface area contributed by atoms with E-state index in [2.05, 4.69) is 4.90 Å². The first-order valence-corrected chi connectivity index (χ1v) is 11.9. The maximum Gasteiger partial charge on any atom is 0.414 e. The van der Waals surface area contributed by atoms with Crippen molar-refractivity contribution in [1.82, 2.24) is 0 Å². The summed E-state index contributed by atoms with van der Waals surface area (Å²) in [6.45, 7) is 2.28. The number of ketones is 1. The molecular weight excluding hydrogens is 395 g/mol. The molecule has 29 heavy (non-hydrogen) atoms. The average molecular weight is 423 g/mol. The number of carbonyl (C=O) groups is 2. The number of carbonyl (C=O) groups excluding carboxylic acids is 2. The van der Waals surface area contributed by atoms with E-state index in [9.17, 15) is 18.2 Å². The number of anilines is 2. The Morgan fingerprint density at radius 2 is 1.97 bits per heavy atom. The second kappa shape index (κ2) is 8.42. The number of rotatable bonds is 7. The van der Waals surface area contributed by atoms with E-state index in [1.54, 1.807) is 12.1 Å². The average Bonchev–Trinajstić information content (AvgIpc) is 3.17. The van der Waals surface area contributed by atoms with Gasteiger partial charge in [-0.3, -0.25) is 13.9 Å².